The molecule has 0 N–H and O–H groups in total. The van der Waals surface area contributed by atoms with E-state index < -0.39 is 29.9 Å². The van der Waals surface area contributed by atoms with E-state index in [1.54, 1.807) is 35.4 Å². The molecule has 0 spiro atoms. The van der Waals surface area contributed by atoms with Gasteiger partial charge in [-0.05, 0) is 48.0 Å². The van der Waals surface area contributed by atoms with Crippen LogP contribution in [0.5, 0.6) is 0 Å². The molecule has 0 aliphatic carbocycles. The van der Waals surface area contributed by atoms with E-state index in [1.807, 2.05) is 30.3 Å². The van der Waals surface area contributed by atoms with Gasteiger partial charge in [0.2, 0.25) is 5.91 Å². The minimum absolute atomic E-state index is 0.242. The molecule has 2 aliphatic rings. The molecular weight excluding hydrogens is 494 g/mol. The van der Waals surface area contributed by atoms with Gasteiger partial charge in [-0.1, -0.05) is 70.7 Å². The van der Waals surface area contributed by atoms with Gasteiger partial charge in [0.1, 0.15) is 5.92 Å². The fourth-order valence-corrected chi connectivity index (χ4v) is 4.96. The maximum Gasteiger partial charge on any atom is 0.266 e. The molecule has 2 amide bonds. The van der Waals surface area contributed by atoms with Crippen LogP contribution in [0.2, 0.25) is 20.1 Å². The van der Waals surface area contributed by atoms with E-state index in [0.29, 0.717) is 32.0 Å². The van der Waals surface area contributed by atoms with Crippen molar-refractivity contribution < 1.29 is 14.4 Å². The number of hydroxylamine groups is 1. The third-order valence-corrected chi connectivity index (χ3v) is 6.87. The molecular formula is C23H14Cl4N2O3. The fourth-order valence-electron chi connectivity index (χ4n) is 4.15. The van der Waals surface area contributed by atoms with Crippen molar-refractivity contribution in [2.45, 2.75) is 12.1 Å². The maximum absolute atomic E-state index is 13.6. The highest BCUT2D eigenvalue weighted by Gasteiger charge is 2.60. The highest BCUT2D eigenvalue weighted by molar-refractivity contribution is 6.42. The Morgan fingerprint density at radius 3 is 2.16 bits per heavy atom. The molecule has 162 valence electrons. The standard InChI is InChI=1S/C23H14Cl4N2O3/c24-12-6-8-15(17(26)10-12)20-19-21(32-29(20)13-4-2-1-3-5-13)23(31)28(22(19)30)14-7-9-16(25)18(27)11-14/h1-11,19-21H/t19-,20-,21-/m1/s1. The van der Waals surface area contributed by atoms with Gasteiger partial charge in [0.15, 0.2) is 6.10 Å². The summed E-state index contributed by atoms with van der Waals surface area (Å²) in [6, 6.07) is 18.2. The second-order valence-corrected chi connectivity index (χ2v) is 9.09. The molecule has 0 saturated carbocycles. The van der Waals surface area contributed by atoms with Gasteiger partial charge in [-0.25, -0.2) is 9.96 Å². The van der Waals surface area contributed by atoms with Gasteiger partial charge in [0.05, 0.1) is 27.5 Å². The van der Waals surface area contributed by atoms with Crippen molar-refractivity contribution in [3.63, 3.8) is 0 Å². The quantitative estimate of drug-likeness (QED) is 0.387. The van der Waals surface area contributed by atoms with E-state index >= 15 is 0 Å². The predicted octanol–water partition coefficient (Wildman–Crippen LogP) is 6.35. The van der Waals surface area contributed by atoms with Crippen LogP contribution in [0.3, 0.4) is 0 Å². The van der Waals surface area contributed by atoms with E-state index in [-0.39, 0.29) is 5.02 Å². The summed E-state index contributed by atoms with van der Waals surface area (Å²) in [6.45, 7) is 0. The Kier molecular flexibility index (Phi) is 5.56. The summed E-state index contributed by atoms with van der Waals surface area (Å²) < 4.78 is 0. The minimum atomic E-state index is -1.02. The first-order valence-electron chi connectivity index (χ1n) is 9.65. The molecule has 5 rings (SSSR count). The number of amides is 2. The van der Waals surface area contributed by atoms with Gasteiger partial charge >= 0.3 is 0 Å². The lowest BCUT2D eigenvalue weighted by molar-refractivity contribution is -0.126. The number of nitrogens with zero attached hydrogens (tertiary/aromatic N) is 2. The van der Waals surface area contributed by atoms with E-state index in [1.165, 1.54) is 6.07 Å². The number of carbonyl (C=O) groups excluding carboxylic acids is 2. The van der Waals surface area contributed by atoms with Crippen molar-refractivity contribution in [2.75, 3.05) is 9.96 Å². The number of anilines is 2. The average molecular weight is 508 g/mol. The molecule has 5 nitrogen and oxygen atoms in total. The molecule has 0 unspecified atom stereocenters. The lowest BCUT2D eigenvalue weighted by Crippen LogP contribution is -2.37. The van der Waals surface area contributed by atoms with E-state index in [0.717, 1.165) is 4.90 Å². The maximum atomic E-state index is 13.6. The summed E-state index contributed by atoms with van der Waals surface area (Å²) in [7, 11) is 0. The number of rotatable bonds is 3. The largest absolute Gasteiger partial charge is 0.273 e. The van der Waals surface area contributed by atoms with Crippen LogP contribution in [-0.2, 0) is 14.4 Å². The van der Waals surface area contributed by atoms with Gasteiger partial charge in [-0.3, -0.25) is 14.4 Å². The van der Waals surface area contributed by atoms with Crippen LogP contribution < -0.4 is 9.96 Å². The molecule has 3 atom stereocenters. The molecule has 2 fully saturated rings. The Morgan fingerprint density at radius 1 is 0.719 bits per heavy atom. The lowest BCUT2D eigenvalue weighted by atomic mass is 9.90. The van der Waals surface area contributed by atoms with Crippen LogP contribution in [0.1, 0.15) is 11.6 Å². The Hall–Kier alpha value is -2.28. The Bertz CT molecular complexity index is 1240. The van der Waals surface area contributed by atoms with Crippen molar-refractivity contribution in [2.24, 2.45) is 5.92 Å². The normalized spacial score (nSPS) is 22.6. The zero-order valence-electron chi connectivity index (χ0n) is 16.2. The fraction of sp³-hybridized carbons (Fsp3) is 0.130. The summed E-state index contributed by atoms with van der Waals surface area (Å²) in [4.78, 5) is 34.1. The third kappa shape index (κ3) is 3.45. The van der Waals surface area contributed by atoms with Crippen LogP contribution in [-0.4, -0.2) is 17.9 Å². The monoisotopic (exact) mass is 506 g/mol. The Morgan fingerprint density at radius 2 is 1.47 bits per heavy atom. The topological polar surface area (TPSA) is 49.9 Å². The molecule has 3 aromatic carbocycles. The molecule has 0 bridgehead atoms. The summed E-state index contributed by atoms with van der Waals surface area (Å²) >= 11 is 24.7. The molecule has 2 aliphatic heterocycles. The van der Waals surface area contributed by atoms with Crippen molar-refractivity contribution in [3.8, 4) is 0 Å². The number of para-hydroxylation sites is 1. The van der Waals surface area contributed by atoms with Crippen molar-refractivity contribution in [1.82, 2.24) is 0 Å². The first kappa shape index (κ1) is 21.6. The van der Waals surface area contributed by atoms with Gasteiger partial charge < -0.3 is 0 Å². The van der Waals surface area contributed by atoms with Crippen molar-refractivity contribution in [3.05, 3.63) is 92.4 Å². The third-order valence-electron chi connectivity index (χ3n) is 5.57. The van der Waals surface area contributed by atoms with Gasteiger partial charge in [-0.2, -0.15) is 0 Å². The number of carbonyl (C=O) groups is 2. The Balaban J connectivity index is 1.61. The van der Waals surface area contributed by atoms with Crippen LogP contribution in [0.4, 0.5) is 11.4 Å². The smallest absolute Gasteiger partial charge is 0.266 e. The molecule has 32 heavy (non-hydrogen) atoms. The Labute approximate surface area is 203 Å². The van der Waals surface area contributed by atoms with Crippen molar-refractivity contribution in [1.29, 1.82) is 0 Å². The summed E-state index contributed by atoms with van der Waals surface area (Å²) in [6.07, 6.45) is -1.02. The number of benzene rings is 3. The summed E-state index contributed by atoms with van der Waals surface area (Å²) in [5.74, 6) is -1.71. The van der Waals surface area contributed by atoms with Crippen LogP contribution in [0.25, 0.3) is 0 Å². The predicted molar refractivity (Wildman–Crippen MR) is 125 cm³/mol. The highest BCUT2D eigenvalue weighted by atomic mass is 35.5. The molecule has 0 aromatic heterocycles. The molecule has 2 heterocycles. The SMILES string of the molecule is O=C1[C@@H]2[C@@H](c3ccc(Cl)cc3Cl)N(c3ccccc3)O[C@H]2C(=O)N1c1ccc(Cl)c(Cl)c1. The van der Waals surface area contributed by atoms with Gasteiger partial charge in [-0.15, -0.1) is 0 Å². The number of hydrogen-bond acceptors (Lipinski definition) is 4. The first-order valence-corrected chi connectivity index (χ1v) is 11.2. The van der Waals surface area contributed by atoms with Crippen LogP contribution in [0.15, 0.2) is 66.7 Å². The number of halogens is 4. The highest BCUT2D eigenvalue weighted by Crippen LogP contribution is 2.49. The van der Waals surface area contributed by atoms with Crippen LogP contribution in [0, 0.1) is 5.92 Å². The lowest BCUT2D eigenvalue weighted by Gasteiger charge is -2.29. The van der Waals surface area contributed by atoms with Crippen LogP contribution >= 0.6 is 46.4 Å². The van der Waals surface area contributed by atoms with E-state index in [9.17, 15) is 9.59 Å². The zero-order valence-corrected chi connectivity index (χ0v) is 19.2. The summed E-state index contributed by atoms with van der Waals surface area (Å²) in [5, 5.41) is 2.98. The van der Waals surface area contributed by atoms with Crippen molar-refractivity contribution >= 4 is 69.6 Å². The first-order chi connectivity index (χ1) is 15.4. The van der Waals surface area contributed by atoms with E-state index in [2.05, 4.69) is 0 Å². The number of imide groups is 1. The zero-order chi connectivity index (χ0) is 22.6. The molecule has 9 heteroatoms. The van der Waals surface area contributed by atoms with Gasteiger partial charge in [0.25, 0.3) is 5.91 Å². The second kappa shape index (κ2) is 8.25. The summed E-state index contributed by atoms with van der Waals surface area (Å²) in [5.41, 5.74) is 1.66. The molecule has 0 radical (unpaired) electrons. The number of hydrogen-bond donors (Lipinski definition) is 0. The minimum Gasteiger partial charge on any atom is -0.273 e. The average Bonchev–Trinajstić information content (AvgIpc) is 3.27. The second-order valence-electron chi connectivity index (χ2n) is 7.43. The van der Waals surface area contributed by atoms with Gasteiger partial charge in [0, 0.05) is 10.0 Å². The van der Waals surface area contributed by atoms with E-state index in [4.69, 9.17) is 51.2 Å². The molecule has 3 aromatic rings. The number of fused-ring (bicyclic) bond motifs is 1. The molecule has 2 saturated heterocycles.